The molecule has 290 valence electrons. The topological polar surface area (TPSA) is 4.93 Å². The lowest BCUT2D eigenvalue weighted by Gasteiger charge is -2.10. The quantitative estimate of drug-likeness (QED) is 0.151. The van der Waals surface area contributed by atoms with Crippen LogP contribution in [0.2, 0.25) is 0 Å². The zero-order valence-electron chi connectivity index (χ0n) is 33.9. The van der Waals surface area contributed by atoms with E-state index in [4.69, 9.17) is 0 Å². The molecule has 12 rings (SSSR count). The summed E-state index contributed by atoms with van der Waals surface area (Å²) in [6.07, 6.45) is 0. The van der Waals surface area contributed by atoms with Gasteiger partial charge in [0.1, 0.15) is 0 Å². The Bertz CT molecular complexity index is 3600. The Morgan fingerprint density at radius 1 is 0.226 bits per heavy atom. The lowest BCUT2D eigenvalue weighted by atomic mass is 9.95. The first-order valence-electron chi connectivity index (χ1n) is 21.2. The minimum absolute atomic E-state index is 1.16. The maximum absolute atomic E-state index is 2.40. The number of para-hydroxylation sites is 1. The van der Waals surface area contributed by atoms with Gasteiger partial charge in [0.05, 0.1) is 11.0 Å². The van der Waals surface area contributed by atoms with Crippen molar-refractivity contribution in [1.29, 1.82) is 0 Å². The van der Waals surface area contributed by atoms with Crippen LogP contribution in [-0.2, 0) is 0 Å². The molecule has 0 unspecified atom stereocenters. The highest BCUT2D eigenvalue weighted by molar-refractivity contribution is 7.25. The van der Waals surface area contributed by atoms with Crippen LogP contribution in [0.4, 0.5) is 0 Å². The zero-order chi connectivity index (χ0) is 41.0. The molecule has 2 heteroatoms. The van der Waals surface area contributed by atoms with Crippen LogP contribution >= 0.6 is 11.3 Å². The largest absolute Gasteiger partial charge is 0.309 e. The summed E-state index contributed by atoms with van der Waals surface area (Å²) in [7, 11) is 0. The van der Waals surface area contributed by atoms with Gasteiger partial charge in [0, 0.05) is 36.6 Å². The average molecular weight is 806 g/mol. The molecule has 0 spiro atoms. The van der Waals surface area contributed by atoms with Crippen LogP contribution in [0, 0.1) is 0 Å². The molecular weight excluding hydrogens is 767 g/mol. The van der Waals surface area contributed by atoms with Gasteiger partial charge in [0.2, 0.25) is 0 Å². The summed E-state index contributed by atoms with van der Waals surface area (Å²) >= 11 is 1.87. The molecule has 62 heavy (non-hydrogen) atoms. The fourth-order valence-electron chi connectivity index (χ4n) is 9.25. The van der Waals surface area contributed by atoms with Crippen molar-refractivity contribution in [2.45, 2.75) is 0 Å². The van der Waals surface area contributed by atoms with Gasteiger partial charge >= 0.3 is 0 Å². The SMILES string of the molecule is c1ccc(-c2cccc(-c3cccc(-c4ccc5c(c4)c4cc(-c6ccc(-c7ccc8sc9ccc(-c%10ccccc%10)cc9c8c7)cc6)ccc4n5-c4ccccc4)c3)c2)cc1. The van der Waals surface area contributed by atoms with E-state index in [1.165, 1.54) is 109 Å². The van der Waals surface area contributed by atoms with Gasteiger partial charge in [-0.2, -0.15) is 0 Å². The smallest absolute Gasteiger partial charge is 0.0541 e. The summed E-state index contributed by atoms with van der Waals surface area (Å²) in [4.78, 5) is 0. The van der Waals surface area contributed by atoms with Gasteiger partial charge in [-0.05, 0) is 140 Å². The third-order valence-electron chi connectivity index (χ3n) is 12.4. The van der Waals surface area contributed by atoms with Crippen LogP contribution in [0.5, 0.6) is 0 Å². The molecule has 0 atom stereocenters. The summed E-state index contributed by atoms with van der Waals surface area (Å²) in [6.45, 7) is 0. The summed E-state index contributed by atoms with van der Waals surface area (Å²) in [5, 5.41) is 5.11. The number of nitrogens with zero attached hydrogens (tertiary/aromatic N) is 1. The monoisotopic (exact) mass is 805 g/mol. The van der Waals surface area contributed by atoms with E-state index in [9.17, 15) is 0 Å². The molecule has 2 heterocycles. The minimum Gasteiger partial charge on any atom is -0.309 e. The van der Waals surface area contributed by atoms with Gasteiger partial charge in [0.25, 0.3) is 0 Å². The van der Waals surface area contributed by atoms with Gasteiger partial charge < -0.3 is 4.57 Å². The fourth-order valence-corrected chi connectivity index (χ4v) is 10.3. The van der Waals surface area contributed by atoms with Crippen molar-refractivity contribution in [3.63, 3.8) is 0 Å². The van der Waals surface area contributed by atoms with Gasteiger partial charge in [0.15, 0.2) is 0 Å². The summed E-state index contributed by atoms with van der Waals surface area (Å²) in [5.74, 6) is 0. The second-order valence-electron chi connectivity index (χ2n) is 16.1. The predicted octanol–water partition coefficient (Wildman–Crippen LogP) is 17.2. The molecule has 0 amide bonds. The van der Waals surface area contributed by atoms with Crippen molar-refractivity contribution in [2.24, 2.45) is 0 Å². The average Bonchev–Trinajstić information content (AvgIpc) is 3.89. The summed E-state index contributed by atoms with van der Waals surface area (Å²) < 4.78 is 5.04. The molecule has 0 saturated carbocycles. The van der Waals surface area contributed by atoms with Gasteiger partial charge in [-0.25, -0.2) is 0 Å². The number of hydrogen-bond acceptors (Lipinski definition) is 1. The highest BCUT2D eigenvalue weighted by atomic mass is 32.1. The maximum Gasteiger partial charge on any atom is 0.0541 e. The van der Waals surface area contributed by atoms with E-state index in [0.717, 1.165) is 5.69 Å². The second-order valence-corrected chi connectivity index (χ2v) is 17.2. The molecule has 2 aromatic heterocycles. The Balaban J connectivity index is 0.916. The Kier molecular flexibility index (Phi) is 8.76. The van der Waals surface area contributed by atoms with Crippen LogP contribution in [0.1, 0.15) is 0 Å². The first-order valence-corrected chi connectivity index (χ1v) is 22.0. The van der Waals surface area contributed by atoms with Crippen LogP contribution in [0.25, 0.3) is 114 Å². The third-order valence-corrected chi connectivity index (χ3v) is 13.6. The molecule has 0 aliphatic heterocycles. The number of thiophene rings is 1. The molecule has 0 N–H and O–H groups in total. The maximum atomic E-state index is 2.40. The van der Waals surface area contributed by atoms with Crippen molar-refractivity contribution in [3.8, 4) is 72.4 Å². The Labute approximate surface area is 365 Å². The number of fused-ring (bicyclic) bond motifs is 6. The molecule has 0 aliphatic rings. The molecule has 0 radical (unpaired) electrons. The van der Waals surface area contributed by atoms with E-state index >= 15 is 0 Å². The predicted molar refractivity (Wildman–Crippen MR) is 266 cm³/mol. The first kappa shape index (κ1) is 36.1. The minimum atomic E-state index is 1.16. The molecule has 12 aromatic rings. The van der Waals surface area contributed by atoms with E-state index in [0.29, 0.717) is 0 Å². The highest BCUT2D eigenvalue weighted by Crippen LogP contribution is 2.41. The van der Waals surface area contributed by atoms with Crippen LogP contribution < -0.4 is 0 Å². The second kappa shape index (κ2) is 15.0. The zero-order valence-corrected chi connectivity index (χ0v) is 34.7. The number of aromatic nitrogens is 1. The van der Waals surface area contributed by atoms with Crippen molar-refractivity contribution < 1.29 is 0 Å². The lowest BCUT2D eigenvalue weighted by molar-refractivity contribution is 1.18. The van der Waals surface area contributed by atoms with Crippen LogP contribution in [0.15, 0.2) is 237 Å². The first-order chi connectivity index (χ1) is 30.7. The fraction of sp³-hybridized carbons (Fsp3) is 0. The Morgan fingerprint density at radius 3 is 0.984 bits per heavy atom. The number of rotatable bonds is 7. The van der Waals surface area contributed by atoms with Gasteiger partial charge in [-0.15, -0.1) is 11.3 Å². The van der Waals surface area contributed by atoms with Crippen molar-refractivity contribution in [2.75, 3.05) is 0 Å². The number of benzene rings is 10. The molecule has 1 nitrogen and oxygen atoms in total. The van der Waals surface area contributed by atoms with Crippen molar-refractivity contribution in [1.82, 2.24) is 4.57 Å². The van der Waals surface area contributed by atoms with Crippen LogP contribution in [-0.4, -0.2) is 4.57 Å². The van der Waals surface area contributed by atoms with Crippen LogP contribution in [0.3, 0.4) is 0 Å². The van der Waals surface area contributed by atoms with E-state index in [2.05, 4.69) is 241 Å². The Hall–Kier alpha value is -7.78. The lowest BCUT2D eigenvalue weighted by Crippen LogP contribution is -1.93. The summed E-state index contributed by atoms with van der Waals surface area (Å²) in [5.41, 5.74) is 18.2. The summed E-state index contributed by atoms with van der Waals surface area (Å²) in [6, 6.07) is 86.6. The van der Waals surface area contributed by atoms with Crippen molar-refractivity contribution in [3.05, 3.63) is 237 Å². The standard InChI is InChI=1S/C60H39NS/c1-4-12-40(13-5-1)44-16-10-17-45(34-44)46-18-11-19-47(35-46)51-27-31-58-54(37-51)53-36-48(26-30-57(53)61(58)52-20-8-3-9-21-52)42-22-24-43(25-23-42)50-29-33-60-56(39-50)55-38-49(28-32-59(55)62-60)41-14-6-2-7-15-41/h1-39H. The highest BCUT2D eigenvalue weighted by Gasteiger charge is 2.16. The van der Waals surface area contributed by atoms with Crippen molar-refractivity contribution >= 4 is 53.3 Å². The molecule has 0 aliphatic carbocycles. The molecule has 10 aromatic carbocycles. The Morgan fingerprint density at radius 2 is 0.532 bits per heavy atom. The van der Waals surface area contributed by atoms with E-state index in [1.54, 1.807) is 0 Å². The van der Waals surface area contributed by atoms with E-state index < -0.39 is 0 Å². The third kappa shape index (κ3) is 6.41. The van der Waals surface area contributed by atoms with E-state index in [1.807, 2.05) is 11.3 Å². The number of hydrogen-bond donors (Lipinski definition) is 0. The molecular formula is C60H39NS. The molecule has 0 fully saturated rings. The van der Waals surface area contributed by atoms with Gasteiger partial charge in [-0.1, -0.05) is 164 Å². The molecule has 0 saturated heterocycles. The van der Waals surface area contributed by atoms with Gasteiger partial charge in [-0.3, -0.25) is 0 Å². The molecule has 0 bridgehead atoms. The normalized spacial score (nSPS) is 11.5. The van der Waals surface area contributed by atoms with E-state index in [-0.39, 0.29) is 0 Å².